The number of nitrogens with one attached hydrogen (secondary N) is 3. The number of alkyl halides is 3. The third kappa shape index (κ3) is 5.18. The molecule has 0 spiro atoms. The van der Waals surface area contributed by atoms with Gasteiger partial charge in [0.1, 0.15) is 17.3 Å². The number of hydrogen-bond donors (Lipinski definition) is 3. The SMILES string of the molecule is Cc1[nH]nc2nc(-c3ccc(NS(=O)(=O)c4cc(Cl)ccc4Cl)cc3)nc(NCC(F)(F)F)c12. The van der Waals surface area contributed by atoms with E-state index in [1.165, 1.54) is 42.5 Å². The summed E-state index contributed by atoms with van der Waals surface area (Å²) in [5, 5.41) is 9.53. The lowest BCUT2D eigenvalue weighted by Gasteiger charge is -2.12. The zero-order chi connectivity index (χ0) is 24.7. The third-order valence-electron chi connectivity index (χ3n) is 4.63. The van der Waals surface area contributed by atoms with Crippen molar-refractivity contribution >= 4 is 55.8 Å². The lowest BCUT2D eigenvalue weighted by atomic mass is 10.2. The average Bonchev–Trinajstić information content (AvgIpc) is 3.14. The van der Waals surface area contributed by atoms with Crippen LogP contribution in [0, 0.1) is 6.92 Å². The van der Waals surface area contributed by atoms with Crippen molar-refractivity contribution in [3.8, 4) is 11.4 Å². The van der Waals surface area contributed by atoms with Gasteiger partial charge >= 0.3 is 6.18 Å². The van der Waals surface area contributed by atoms with E-state index in [-0.39, 0.29) is 37.9 Å². The van der Waals surface area contributed by atoms with Gasteiger partial charge in [0.2, 0.25) is 0 Å². The van der Waals surface area contributed by atoms with Gasteiger partial charge in [-0.05, 0) is 49.4 Å². The Morgan fingerprint density at radius 2 is 1.76 bits per heavy atom. The normalized spacial score (nSPS) is 12.2. The first-order valence-corrected chi connectivity index (χ1v) is 11.8. The number of rotatable bonds is 6. The van der Waals surface area contributed by atoms with E-state index in [4.69, 9.17) is 23.2 Å². The highest BCUT2D eigenvalue weighted by atomic mass is 35.5. The van der Waals surface area contributed by atoms with Crippen molar-refractivity contribution in [1.82, 2.24) is 20.2 Å². The summed E-state index contributed by atoms with van der Waals surface area (Å²) < 4.78 is 66.0. The second-order valence-corrected chi connectivity index (χ2v) is 9.66. The Balaban J connectivity index is 1.64. The van der Waals surface area contributed by atoms with E-state index < -0.39 is 22.7 Å². The van der Waals surface area contributed by atoms with Crippen molar-refractivity contribution in [1.29, 1.82) is 0 Å². The van der Waals surface area contributed by atoms with Crippen molar-refractivity contribution in [2.75, 3.05) is 16.6 Å². The van der Waals surface area contributed by atoms with E-state index in [1.807, 2.05) is 0 Å². The molecule has 2 heterocycles. The fourth-order valence-corrected chi connectivity index (χ4v) is 4.91. The number of fused-ring (bicyclic) bond motifs is 1. The van der Waals surface area contributed by atoms with Gasteiger partial charge in [0.25, 0.3) is 10.0 Å². The molecule has 8 nitrogen and oxygen atoms in total. The Kier molecular flexibility index (Phi) is 6.32. The number of aromatic nitrogens is 4. The largest absolute Gasteiger partial charge is 0.405 e. The molecular weight excluding hydrogens is 516 g/mol. The maximum absolute atomic E-state index is 12.7. The summed E-state index contributed by atoms with van der Waals surface area (Å²) >= 11 is 11.9. The fraction of sp³-hybridized carbons (Fsp3) is 0.150. The van der Waals surface area contributed by atoms with Crippen LogP contribution in [0.2, 0.25) is 10.0 Å². The fourth-order valence-electron chi connectivity index (χ4n) is 3.09. The Hall–Kier alpha value is -3.09. The van der Waals surface area contributed by atoms with Crippen LogP contribution in [0.4, 0.5) is 24.7 Å². The van der Waals surface area contributed by atoms with Gasteiger partial charge in [-0.3, -0.25) is 9.82 Å². The zero-order valence-corrected chi connectivity index (χ0v) is 19.5. The molecule has 0 aliphatic carbocycles. The molecule has 0 radical (unpaired) electrons. The molecule has 0 amide bonds. The van der Waals surface area contributed by atoms with Gasteiger partial charge in [0.05, 0.1) is 10.4 Å². The third-order valence-corrected chi connectivity index (χ3v) is 6.73. The van der Waals surface area contributed by atoms with Gasteiger partial charge in [0.15, 0.2) is 11.5 Å². The average molecular weight is 531 g/mol. The van der Waals surface area contributed by atoms with Crippen molar-refractivity contribution in [2.24, 2.45) is 0 Å². The topological polar surface area (TPSA) is 113 Å². The first-order valence-electron chi connectivity index (χ1n) is 9.54. The molecule has 0 saturated carbocycles. The first-order chi connectivity index (χ1) is 15.9. The van der Waals surface area contributed by atoms with E-state index in [0.29, 0.717) is 16.6 Å². The van der Waals surface area contributed by atoms with E-state index in [9.17, 15) is 21.6 Å². The number of aryl methyl sites for hydroxylation is 1. The summed E-state index contributed by atoms with van der Waals surface area (Å²) in [6.45, 7) is 0.361. The predicted molar refractivity (Wildman–Crippen MR) is 124 cm³/mol. The summed E-state index contributed by atoms with van der Waals surface area (Å²) in [7, 11) is -4.03. The summed E-state index contributed by atoms with van der Waals surface area (Å²) in [6, 6.07) is 10.0. The molecule has 3 N–H and O–H groups in total. The minimum Gasteiger partial charge on any atom is -0.360 e. The molecule has 0 atom stereocenters. The summed E-state index contributed by atoms with van der Waals surface area (Å²) in [5.74, 6) is 0.0833. The predicted octanol–water partition coefficient (Wildman–Crippen LogP) is 5.41. The van der Waals surface area contributed by atoms with Crippen LogP contribution in [-0.2, 0) is 10.0 Å². The molecule has 0 unspecified atom stereocenters. The molecule has 4 rings (SSSR count). The maximum atomic E-state index is 12.7. The van der Waals surface area contributed by atoms with Crippen LogP contribution in [0.1, 0.15) is 5.69 Å². The standard InChI is InChI=1S/C20H15Cl2F3N6O2S/c1-10-16-18(26-9-20(23,24)25)27-17(28-19(16)30-29-10)11-2-5-13(6-3-11)31-34(32,33)15-8-12(21)4-7-14(15)22/h2-8,31H,9H2,1H3,(H2,26,27,28,29,30). The van der Waals surface area contributed by atoms with Crippen LogP contribution in [-0.4, -0.2) is 41.3 Å². The van der Waals surface area contributed by atoms with E-state index in [0.717, 1.165) is 0 Å². The van der Waals surface area contributed by atoms with Gasteiger partial charge in [-0.1, -0.05) is 23.2 Å². The van der Waals surface area contributed by atoms with Gasteiger partial charge in [0, 0.05) is 22.0 Å². The Labute approximate surface area is 201 Å². The number of nitrogens with zero attached hydrogens (tertiary/aromatic N) is 3. The van der Waals surface area contributed by atoms with Crippen LogP contribution < -0.4 is 10.0 Å². The molecule has 0 aliphatic rings. The molecular formula is C20H15Cl2F3N6O2S. The molecule has 0 saturated heterocycles. The quantitative estimate of drug-likeness (QED) is 0.307. The molecule has 0 aliphatic heterocycles. The van der Waals surface area contributed by atoms with Crippen LogP contribution in [0.15, 0.2) is 47.4 Å². The van der Waals surface area contributed by atoms with Crippen molar-refractivity contribution < 1.29 is 21.6 Å². The number of aromatic amines is 1. The molecule has 4 aromatic rings. The maximum Gasteiger partial charge on any atom is 0.405 e. The monoisotopic (exact) mass is 530 g/mol. The number of H-pyrrole nitrogens is 1. The van der Waals surface area contributed by atoms with E-state index in [2.05, 4.69) is 30.2 Å². The molecule has 0 fully saturated rings. The summed E-state index contributed by atoms with van der Waals surface area (Å²) in [5.41, 5.74) is 1.34. The highest BCUT2D eigenvalue weighted by Gasteiger charge is 2.28. The highest BCUT2D eigenvalue weighted by molar-refractivity contribution is 7.92. The van der Waals surface area contributed by atoms with Crippen LogP contribution in [0.25, 0.3) is 22.4 Å². The first kappa shape index (κ1) is 24.0. The summed E-state index contributed by atoms with van der Waals surface area (Å²) in [6.07, 6.45) is -4.44. The number of benzene rings is 2. The molecule has 2 aromatic heterocycles. The second kappa shape index (κ2) is 8.93. The molecule has 14 heteroatoms. The van der Waals surface area contributed by atoms with Crippen molar-refractivity contribution in [3.63, 3.8) is 0 Å². The minimum atomic E-state index is -4.44. The number of anilines is 2. The van der Waals surface area contributed by atoms with Gasteiger partial charge < -0.3 is 5.32 Å². The van der Waals surface area contributed by atoms with Gasteiger partial charge in [-0.25, -0.2) is 18.4 Å². The number of halogens is 5. The van der Waals surface area contributed by atoms with Gasteiger partial charge in [-0.2, -0.15) is 18.3 Å². The molecule has 0 bridgehead atoms. The van der Waals surface area contributed by atoms with Crippen molar-refractivity contribution in [3.05, 3.63) is 58.2 Å². The van der Waals surface area contributed by atoms with Crippen LogP contribution in [0.5, 0.6) is 0 Å². The lowest BCUT2D eigenvalue weighted by molar-refractivity contribution is -0.115. The second-order valence-electron chi connectivity index (χ2n) is 7.17. The lowest BCUT2D eigenvalue weighted by Crippen LogP contribution is -2.22. The number of hydrogen-bond acceptors (Lipinski definition) is 6. The zero-order valence-electron chi connectivity index (χ0n) is 17.2. The van der Waals surface area contributed by atoms with Gasteiger partial charge in [-0.15, -0.1) is 0 Å². The van der Waals surface area contributed by atoms with E-state index in [1.54, 1.807) is 6.92 Å². The molecule has 2 aromatic carbocycles. The minimum absolute atomic E-state index is 0.00315. The highest BCUT2D eigenvalue weighted by Crippen LogP contribution is 2.30. The Morgan fingerprint density at radius 3 is 2.44 bits per heavy atom. The Morgan fingerprint density at radius 1 is 1.06 bits per heavy atom. The van der Waals surface area contributed by atoms with Crippen molar-refractivity contribution in [2.45, 2.75) is 18.0 Å². The van der Waals surface area contributed by atoms with E-state index >= 15 is 0 Å². The Bertz CT molecular complexity index is 1470. The summed E-state index contributed by atoms with van der Waals surface area (Å²) in [4.78, 5) is 8.34. The molecule has 178 valence electrons. The molecule has 34 heavy (non-hydrogen) atoms. The number of sulfonamides is 1. The van der Waals surface area contributed by atoms with Crippen LogP contribution >= 0.6 is 23.2 Å². The van der Waals surface area contributed by atoms with Crippen LogP contribution in [0.3, 0.4) is 0 Å². The smallest absolute Gasteiger partial charge is 0.360 e.